The highest BCUT2D eigenvalue weighted by molar-refractivity contribution is 6.32. The Labute approximate surface area is 145 Å². The van der Waals surface area contributed by atoms with Gasteiger partial charge in [0.05, 0.1) is 17.7 Å². The van der Waals surface area contributed by atoms with Crippen molar-refractivity contribution in [2.75, 3.05) is 6.61 Å². The minimum atomic E-state index is -0.407. The van der Waals surface area contributed by atoms with E-state index in [2.05, 4.69) is 11.4 Å². The topological polar surface area (TPSA) is 38.3 Å². The van der Waals surface area contributed by atoms with Gasteiger partial charge in [-0.05, 0) is 54.0 Å². The Hall–Kier alpha value is -2.33. The summed E-state index contributed by atoms with van der Waals surface area (Å²) in [5, 5.41) is 3.17. The van der Waals surface area contributed by atoms with Crippen LogP contribution in [0.5, 0.6) is 5.75 Å². The zero-order valence-corrected chi connectivity index (χ0v) is 13.9. The Balaban J connectivity index is 1.64. The van der Waals surface area contributed by atoms with Crippen LogP contribution in [0.15, 0.2) is 42.5 Å². The van der Waals surface area contributed by atoms with E-state index >= 15 is 0 Å². The molecule has 0 fully saturated rings. The van der Waals surface area contributed by atoms with Crippen molar-refractivity contribution >= 4 is 23.6 Å². The molecule has 0 spiro atoms. The van der Waals surface area contributed by atoms with E-state index in [1.54, 1.807) is 6.08 Å². The fourth-order valence-corrected chi connectivity index (χ4v) is 2.85. The molecule has 0 saturated heterocycles. The van der Waals surface area contributed by atoms with Crippen LogP contribution in [0.4, 0.5) is 4.39 Å². The van der Waals surface area contributed by atoms with E-state index in [1.807, 2.05) is 19.1 Å². The number of hydrogen-bond donors (Lipinski definition) is 1. The summed E-state index contributed by atoms with van der Waals surface area (Å²) >= 11 is 5.93. The number of fused-ring (bicyclic) bond motifs is 1. The van der Waals surface area contributed by atoms with E-state index in [4.69, 9.17) is 16.3 Å². The molecule has 0 saturated carbocycles. The van der Waals surface area contributed by atoms with Gasteiger partial charge in [-0.15, -0.1) is 0 Å². The van der Waals surface area contributed by atoms with Gasteiger partial charge >= 0.3 is 0 Å². The van der Waals surface area contributed by atoms with E-state index in [1.165, 1.54) is 29.8 Å². The van der Waals surface area contributed by atoms with Crippen molar-refractivity contribution in [3.05, 3.63) is 70.0 Å². The normalized spacial score (nSPS) is 14.3. The maximum Gasteiger partial charge on any atom is 0.244 e. The van der Waals surface area contributed by atoms with E-state index < -0.39 is 5.82 Å². The Morgan fingerprint density at radius 3 is 2.96 bits per heavy atom. The van der Waals surface area contributed by atoms with Gasteiger partial charge in [0.15, 0.2) is 0 Å². The fourth-order valence-electron chi connectivity index (χ4n) is 2.62. The molecule has 1 aliphatic rings. The number of ether oxygens (including phenoxy) is 1. The third-order valence-electron chi connectivity index (χ3n) is 3.95. The van der Waals surface area contributed by atoms with Gasteiger partial charge in [0.2, 0.25) is 5.91 Å². The number of carbonyl (C=O) groups excluding carboxylic acids is 1. The summed E-state index contributed by atoms with van der Waals surface area (Å²) in [6.07, 6.45) is 3.86. The molecule has 0 bridgehead atoms. The number of hydrogen-bond acceptors (Lipinski definition) is 2. The molecule has 24 heavy (non-hydrogen) atoms. The molecule has 124 valence electrons. The van der Waals surface area contributed by atoms with Gasteiger partial charge in [-0.1, -0.05) is 23.7 Å². The number of halogens is 2. The first-order valence-electron chi connectivity index (χ1n) is 7.72. The average Bonchev–Trinajstić information content (AvgIpc) is 3.01. The van der Waals surface area contributed by atoms with Gasteiger partial charge in [-0.3, -0.25) is 4.79 Å². The molecule has 1 heterocycles. The van der Waals surface area contributed by atoms with Gasteiger partial charge in [0, 0.05) is 12.5 Å². The van der Waals surface area contributed by atoms with Crippen molar-refractivity contribution in [2.24, 2.45) is 0 Å². The van der Waals surface area contributed by atoms with Crippen LogP contribution in [0.3, 0.4) is 0 Å². The lowest BCUT2D eigenvalue weighted by Gasteiger charge is -2.14. The Bertz CT molecular complexity index is 804. The molecule has 5 heteroatoms. The zero-order chi connectivity index (χ0) is 17.1. The molecule has 1 amide bonds. The van der Waals surface area contributed by atoms with Crippen LogP contribution in [0.2, 0.25) is 5.02 Å². The molecule has 2 aromatic carbocycles. The van der Waals surface area contributed by atoms with E-state index in [0.29, 0.717) is 12.2 Å². The van der Waals surface area contributed by atoms with Crippen molar-refractivity contribution < 1.29 is 13.9 Å². The minimum absolute atomic E-state index is 0.128. The van der Waals surface area contributed by atoms with Crippen molar-refractivity contribution in [3.63, 3.8) is 0 Å². The van der Waals surface area contributed by atoms with Gasteiger partial charge in [-0.2, -0.15) is 0 Å². The van der Waals surface area contributed by atoms with Crippen molar-refractivity contribution in [2.45, 2.75) is 19.4 Å². The maximum absolute atomic E-state index is 13.0. The van der Waals surface area contributed by atoms with E-state index in [9.17, 15) is 9.18 Å². The van der Waals surface area contributed by atoms with E-state index in [-0.39, 0.29) is 17.0 Å². The van der Waals surface area contributed by atoms with Crippen LogP contribution in [0.1, 0.15) is 29.7 Å². The molecular weight excluding hydrogens is 329 g/mol. The Morgan fingerprint density at radius 1 is 1.33 bits per heavy atom. The summed E-state index contributed by atoms with van der Waals surface area (Å²) in [4.78, 5) is 12.1. The van der Waals surface area contributed by atoms with Gasteiger partial charge < -0.3 is 10.1 Å². The van der Waals surface area contributed by atoms with Crippen LogP contribution in [0.25, 0.3) is 6.08 Å². The molecule has 0 aromatic heterocycles. The highest BCUT2D eigenvalue weighted by atomic mass is 35.5. The van der Waals surface area contributed by atoms with Crippen molar-refractivity contribution in [1.29, 1.82) is 0 Å². The number of carbonyl (C=O) groups is 1. The molecule has 3 rings (SSSR count). The highest BCUT2D eigenvalue weighted by Gasteiger charge is 2.15. The molecular formula is C19H17ClFNO2. The summed E-state index contributed by atoms with van der Waals surface area (Å²) in [7, 11) is 0. The van der Waals surface area contributed by atoms with Gasteiger partial charge in [0.1, 0.15) is 11.6 Å². The molecule has 0 aliphatic carbocycles. The minimum Gasteiger partial charge on any atom is -0.493 e. The second-order valence-electron chi connectivity index (χ2n) is 5.70. The molecule has 1 unspecified atom stereocenters. The second-order valence-corrected chi connectivity index (χ2v) is 6.10. The first-order chi connectivity index (χ1) is 11.5. The predicted octanol–water partition coefficient (Wildman–Crippen LogP) is 4.30. The fraction of sp³-hybridized carbons (Fsp3) is 0.211. The summed E-state index contributed by atoms with van der Waals surface area (Å²) < 4.78 is 18.5. The predicted molar refractivity (Wildman–Crippen MR) is 92.6 cm³/mol. The average molecular weight is 346 g/mol. The first-order valence-corrected chi connectivity index (χ1v) is 8.10. The summed E-state index contributed by atoms with van der Waals surface area (Å²) in [5.41, 5.74) is 2.79. The quantitative estimate of drug-likeness (QED) is 0.839. The lowest BCUT2D eigenvalue weighted by atomic mass is 10.0. The van der Waals surface area contributed by atoms with Gasteiger partial charge in [0.25, 0.3) is 0 Å². The van der Waals surface area contributed by atoms with Crippen LogP contribution in [0, 0.1) is 5.82 Å². The SMILES string of the molecule is CC(NC(=O)C=Cc1ccc(F)cc1Cl)c1ccc2c(c1)CCO2. The number of rotatable bonds is 4. The largest absolute Gasteiger partial charge is 0.493 e. The zero-order valence-electron chi connectivity index (χ0n) is 13.2. The van der Waals surface area contributed by atoms with Crippen molar-refractivity contribution in [1.82, 2.24) is 5.32 Å². The molecule has 3 nitrogen and oxygen atoms in total. The maximum atomic E-state index is 13.0. The Morgan fingerprint density at radius 2 is 2.17 bits per heavy atom. The van der Waals surface area contributed by atoms with Crippen LogP contribution < -0.4 is 10.1 Å². The summed E-state index contributed by atoms with van der Waals surface area (Å²) in [6, 6.07) is 9.88. The smallest absolute Gasteiger partial charge is 0.244 e. The van der Waals surface area contributed by atoms with Crippen molar-refractivity contribution in [3.8, 4) is 5.75 Å². The third-order valence-corrected chi connectivity index (χ3v) is 4.28. The lowest BCUT2D eigenvalue weighted by molar-refractivity contribution is -0.117. The number of amides is 1. The molecule has 1 aliphatic heterocycles. The lowest BCUT2D eigenvalue weighted by Crippen LogP contribution is -2.24. The number of benzene rings is 2. The van der Waals surface area contributed by atoms with Crippen LogP contribution in [-0.4, -0.2) is 12.5 Å². The number of nitrogens with one attached hydrogen (secondary N) is 1. The molecule has 1 atom stereocenters. The molecule has 2 aromatic rings. The van der Waals surface area contributed by atoms with Crippen LogP contribution >= 0.6 is 11.6 Å². The van der Waals surface area contributed by atoms with E-state index in [0.717, 1.165) is 17.7 Å². The Kier molecular flexibility index (Phi) is 4.86. The third kappa shape index (κ3) is 3.77. The first kappa shape index (κ1) is 16.5. The second kappa shape index (κ2) is 7.05. The summed E-state index contributed by atoms with van der Waals surface area (Å²) in [5.74, 6) is 0.276. The van der Waals surface area contributed by atoms with Gasteiger partial charge in [-0.25, -0.2) is 4.39 Å². The molecule has 1 N–H and O–H groups in total. The highest BCUT2D eigenvalue weighted by Crippen LogP contribution is 2.28. The molecule has 0 radical (unpaired) electrons. The van der Waals surface area contributed by atoms with Crippen LogP contribution in [-0.2, 0) is 11.2 Å². The standard InChI is InChI=1S/C19H17ClFNO2/c1-12(14-3-6-18-15(10-14)8-9-24-18)22-19(23)7-4-13-2-5-16(21)11-17(13)20/h2-7,10-12H,8-9H2,1H3,(H,22,23). The monoisotopic (exact) mass is 345 g/mol. The summed E-state index contributed by atoms with van der Waals surface area (Å²) in [6.45, 7) is 2.63.